The van der Waals surface area contributed by atoms with Crippen LogP contribution in [0, 0.1) is 5.92 Å². The number of nitrogens with two attached hydrogens (primary N) is 1. The monoisotopic (exact) mass is 339 g/mol. The molecule has 3 N–H and O–H groups in total. The van der Waals surface area contributed by atoms with Crippen molar-refractivity contribution in [2.45, 2.75) is 63.9 Å². The third-order valence-corrected chi connectivity index (χ3v) is 5.13. The third kappa shape index (κ3) is 6.77. The Bertz CT molecular complexity index is 389. The lowest BCUT2D eigenvalue weighted by Gasteiger charge is -2.32. The summed E-state index contributed by atoms with van der Waals surface area (Å²) < 4.78 is 5.75. The molecule has 24 heavy (non-hydrogen) atoms. The Morgan fingerprint density at radius 3 is 2.46 bits per heavy atom. The number of nitrogens with one attached hydrogen (secondary N) is 1. The van der Waals surface area contributed by atoms with E-state index in [9.17, 15) is 9.59 Å². The van der Waals surface area contributed by atoms with Crippen LogP contribution in [0.2, 0.25) is 0 Å². The van der Waals surface area contributed by atoms with Crippen LogP contribution in [0.3, 0.4) is 0 Å². The Hall–Kier alpha value is -1.14. The van der Waals surface area contributed by atoms with Crippen molar-refractivity contribution in [3.8, 4) is 0 Å². The standard InChI is InChI=1S/C18H33N3O3/c19-9-4-12-24-16-7-10-21(11-8-16)18(23)14-20-17(22)13-15-5-2-1-3-6-15/h15-16H,1-14,19H2,(H,20,22). The fraction of sp³-hybridized carbons (Fsp3) is 0.889. The first-order chi connectivity index (χ1) is 11.7. The maximum absolute atomic E-state index is 12.2. The van der Waals surface area contributed by atoms with Crippen LogP contribution in [0.25, 0.3) is 0 Å². The number of hydrogen-bond donors (Lipinski definition) is 2. The van der Waals surface area contributed by atoms with E-state index in [0.29, 0.717) is 38.6 Å². The highest BCUT2D eigenvalue weighted by Crippen LogP contribution is 2.26. The first kappa shape index (κ1) is 19.2. The van der Waals surface area contributed by atoms with Crippen molar-refractivity contribution in [3.05, 3.63) is 0 Å². The Morgan fingerprint density at radius 2 is 1.79 bits per heavy atom. The lowest BCUT2D eigenvalue weighted by Crippen LogP contribution is -2.45. The van der Waals surface area contributed by atoms with Gasteiger partial charge in [0.2, 0.25) is 11.8 Å². The number of carbonyl (C=O) groups excluding carboxylic acids is 2. The van der Waals surface area contributed by atoms with E-state index in [1.807, 2.05) is 4.90 Å². The van der Waals surface area contributed by atoms with Gasteiger partial charge >= 0.3 is 0 Å². The molecule has 138 valence electrons. The quantitative estimate of drug-likeness (QED) is 0.655. The highest BCUT2D eigenvalue weighted by molar-refractivity contribution is 5.84. The van der Waals surface area contributed by atoms with Crippen molar-refractivity contribution < 1.29 is 14.3 Å². The molecule has 0 aromatic rings. The molecule has 0 bridgehead atoms. The Morgan fingerprint density at radius 1 is 1.08 bits per heavy atom. The zero-order valence-corrected chi connectivity index (χ0v) is 14.8. The SMILES string of the molecule is NCCCOC1CCN(C(=O)CNC(=O)CC2CCCCC2)CC1. The zero-order valence-electron chi connectivity index (χ0n) is 14.8. The van der Waals surface area contributed by atoms with E-state index in [4.69, 9.17) is 10.5 Å². The van der Waals surface area contributed by atoms with Gasteiger partial charge in [-0.1, -0.05) is 19.3 Å². The topological polar surface area (TPSA) is 84.7 Å². The number of piperidine rings is 1. The third-order valence-electron chi connectivity index (χ3n) is 5.13. The number of ether oxygens (including phenoxy) is 1. The second-order valence-corrected chi connectivity index (χ2v) is 7.08. The summed E-state index contributed by atoms with van der Waals surface area (Å²) in [4.78, 5) is 26.0. The van der Waals surface area contributed by atoms with Crippen molar-refractivity contribution in [3.63, 3.8) is 0 Å². The van der Waals surface area contributed by atoms with Crippen LogP contribution in [0.4, 0.5) is 0 Å². The average Bonchev–Trinajstić information content (AvgIpc) is 2.61. The summed E-state index contributed by atoms with van der Waals surface area (Å²) in [6.45, 7) is 2.91. The molecule has 1 aliphatic carbocycles. The maximum Gasteiger partial charge on any atom is 0.241 e. The molecular formula is C18H33N3O3. The van der Waals surface area contributed by atoms with Crippen LogP contribution >= 0.6 is 0 Å². The molecule has 0 aromatic heterocycles. The predicted molar refractivity (Wildman–Crippen MR) is 93.4 cm³/mol. The van der Waals surface area contributed by atoms with E-state index in [1.54, 1.807) is 0 Å². The van der Waals surface area contributed by atoms with Gasteiger partial charge in [-0.15, -0.1) is 0 Å². The van der Waals surface area contributed by atoms with E-state index >= 15 is 0 Å². The lowest BCUT2D eigenvalue weighted by molar-refractivity contribution is -0.135. The van der Waals surface area contributed by atoms with Crippen LogP contribution in [0.1, 0.15) is 57.8 Å². The number of rotatable bonds is 8. The fourth-order valence-corrected chi connectivity index (χ4v) is 3.62. The second kappa shape index (κ2) is 10.7. The van der Waals surface area contributed by atoms with Crippen LogP contribution in [0.5, 0.6) is 0 Å². The molecule has 6 heteroatoms. The molecule has 2 rings (SSSR count). The molecule has 2 fully saturated rings. The number of nitrogens with zero attached hydrogens (tertiary/aromatic N) is 1. The van der Waals surface area contributed by atoms with Crippen LogP contribution in [-0.2, 0) is 14.3 Å². The van der Waals surface area contributed by atoms with Gasteiger partial charge in [-0.3, -0.25) is 9.59 Å². The van der Waals surface area contributed by atoms with Gasteiger partial charge in [0, 0.05) is 26.1 Å². The summed E-state index contributed by atoms with van der Waals surface area (Å²) in [6.07, 6.45) is 9.50. The molecule has 1 aliphatic heterocycles. The van der Waals surface area contributed by atoms with E-state index in [-0.39, 0.29) is 24.5 Å². The van der Waals surface area contributed by atoms with Gasteiger partial charge < -0.3 is 20.7 Å². The van der Waals surface area contributed by atoms with Gasteiger partial charge in [0.05, 0.1) is 12.6 Å². The van der Waals surface area contributed by atoms with Crippen LogP contribution in [-0.4, -0.2) is 55.6 Å². The zero-order chi connectivity index (χ0) is 17.2. The predicted octanol–water partition coefficient (Wildman–Crippen LogP) is 1.43. The normalized spacial score (nSPS) is 20.1. The van der Waals surface area contributed by atoms with Crippen LogP contribution in [0.15, 0.2) is 0 Å². The number of likely N-dealkylation sites (tertiary alicyclic amines) is 1. The van der Waals surface area contributed by atoms with Crippen molar-refractivity contribution in [2.24, 2.45) is 11.7 Å². The summed E-state index contributed by atoms with van der Waals surface area (Å²) >= 11 is 0. The largest absolute Gasteiger partial charge is 0.378 e. The van der Waals surface area contributed by atoms with Gasteiger partial charge in [-0.2, -0.15) is 0 Å². The number of amides is 2. The molecule has 0 radical (unpaired) electrons. The van der Waals surface area contributed by atoms with Crippen LogP contribution < -0.4 is 11.1 Å². The van der Waals surface area contributed by atoms with Crippen molar-refractivity contribution in [1.29, 1.82) is 0 Å². The summed E-state index contributed by atoms with van der Waals surface area (Å²) in [5, 5.41) is 2.80. The van der Waals surface area contributed by atoms with E-state index < -0.39 is 0 Å². The van der Waals surface area contributed by atoms with Crippen molar-refractivity contribution in [1.82, 2.24) is 10.2 Å². The summed E-state index contributed by atoms with van der Waals surface area (Å²) in [6, 6.07) is 0. The lowest BCUT2D eigenvalue weighted by atomic mass is 9.87. The minimum atomic E-state index is 0.0207. The van der Waals surface area contributed by atoms with Gasteiger partial charge in [0.1, 0.15) is 0 Å². The molecule has 0 atom stereocenters. The molecule has 2 amide bonds. The molecule has 1 heterocycles. The molecule has 1 saturated heterocycles. The Labute approximate surface area is 145 Å². The van der Waals surface area contributed by atoms with E-state index in [1.165, 1.54) is 19.3 Å². The number of hydrogen-bond acceptors (Lipinski definition) is 4. The smallest absolute Gasteiger partial charge is 0.241 e. The molecule has 0 spiro atoms. The molecule has 0 aromatic carbocycles. The molecule has 0 unspecified atom stereocenters. The fourth-order valence-electron chi connectivity index (χ4n) is 3.62. The molecular weight excluding hydrogens is 306 g/mol. The highest BCUT2D eigenvalue weighted by atomic mass is 16.5. The van der Waals surface area contributed by atoms with E-state index in [0.717, 1.165) is 32.1 Å². The minimum absolute atomic E-state index is 0.0207. The average molecular weight is 339 g/mol. The molecule has 1 saturated carbocycles. The number of carbonyl (C=O) groups is 2. The first-order valence-corrected chi connectivity index (χ1v) is 9.55. The van der Waals surface area contributed by atoms with Crippen molar-refractivity contribution in [2.75, 3.05) is 32.8 Å². The summed E-state index contributed by atoms with van der Waals surface area (Å²) in [5.41, 5.74) is 5.46. The molecule has 2 aliphatic rings. The summed E-state index contributed by atoms with van der Waals surface area (Å²) in [7, 11) is 0. The first-order valence-electron chi connectivity index (χ1n) is 9.55. The Balaban J connectivity index is 1.58. The molecule has 6 nitrogen and oxygen atoms in total. The second-order valence-electron chi connectivity index (χ2n) is 7.08. The minimum Gasteiger partial charge on any atom is -0.378 e. The summed E-state index contributed by atoms with van der Waals surface area (Å²) in [5.74, 6) is 0.554. The highest BCUT2D eigenvalue weighted by Gasteiger charge is 2.23. The van der Waals surface area contributed by atoms with Gasteiger partial charge in [0.15, 0.2) is 0 Å². The van der Waals surface area contributed by atoms with Gasteiger partial charge in [-0.05, 0) is 44.6 Å². The maximum atomic E-state index is 12.2. The van der Waals surface area contributed by atoms with Gasteiger partial charge in [0.25, 0.3) is 0 Å². The van der Waals surface area contributed by atoms with Crippen molar-refractivity contribution >= 4 is 11.8 Å². The Kier molecular flexibility index (Phi) is 8.53. The van der Waals surface area contributed by atoms with E-state index in [2.05, 4.69) is 5.32 Å². The van der Waals surface area contributed by atoms with Gasteiger partial charge in [-0.25, -0.2) is 0 Å².